The van der Waals surface area contributed by atoms with Crippen LogP contribution in [0.1, 0.15) is 5.56 Å². The summed E-state index contributed by atoms with van der Waals surface area (Å²) in [4.78, 5) is 32.0. The number of para-hydroxylation sites is 2. The van der Waals surface area contributed by atoms with Crippen molar-refractivity contribution in [1.29, 1.82) is 0 Å². The molecule has 1 unspecified atom stereocenters. The third-order valence-electron chi connectivity index (χ3n) is 4.60. The van der Waals surface area contributed by atoms with Gasteiger partial charge in [-0.05, 0) is 31.2 Å². The SMILES string of the molecule is Cc1cnc2n(c1=O)CC(C(=O)N(c1ccccc1)c1ccccc1)CS2. The summed E-state index contributed by atoms with van der Waals surface area (Å²) in [5.74, 6) is 0.285. The van der Waals surface area contributed by atoms with E-state index in [2.05, 4.69) is 4.98 Å². The van der Waals surface area contributed by atoms with E-state index in [1.807, 2.05) is 60.7 Å². The maximum atomic E-state index is 13.5. The molecule has 0 bridgehead atoms. The van der Waals surface area contributed by atoms with Crippen LogP contribution in [-0.2, 0) is 11.3 Å². The summed E-state index contributed by atoms with van der Waals surface area (Å²) < 4.78 is 1.63. The number of rotatable bonds is 3. The first kappa shape index (κ1) is 17.5. The molecule has 1 aliphatic rings. The summed E-state index contributed by atoms with van der Waals surface area (Å²) >= 11 is 1.46. The minimum Gasteiger partial charge on any atom is -0.287 e. The van der Waals surface area contributed by atoms with Crippen LogP contribution in [0.15, 0.2) is 76.8 Å². The van der Waals surface area contributed by atoms with Gasteiger partial charge in [0.05, 0.1) is 5.92 Å². The molecule has 27 heavy (non-hydrogen) atoms. The Kier molecular flexibility index (Phi) is 4.81. The summed E-state index contributed by atoms with van der Waals surface area (Å²) in [7, 11) is 0. The molecular weight excluding hydrogens is 358 g/mol. The Bertz CT molecular complexity index is 979. The van der Waals surface area contributed by atoms with Crippen molar-refractivity contribution in [2.24, 2.45) is 5.92 Å². The molecule has 0 fully saturated rings. The van der Waals surface area contributed by atoms with Crippen molar-refractivity contribution < 1.29 is 4.79 Å². The number of fused-ring (bicyclic) bond motifs is 1. The summed E-state index contributed by atoms with van der Waals surface area (Å²) in [6, 6.07) is 19.2. The van der Waals surface area contributed by atoms with Crippen LogP contribution < -0.4 is 10.5 Å². The van der Waals surface area contributed by atoms with Crippen LogP contribution in [0.5, 0.6) is 0 Å². The molecule has 0 N–H and O–H groups in total. The molecule has 1 amide bonds. The summed E-state index contributed by atoms with van der Waals surface area (Å²) in [6.45, 7) is 2.10. The number of aromatic nitrogens is 2. The fraction of sp³-hybridized carbons (Fsp3) is 0.190. The van der Waals surface area contributed by atoms with Crippen LogP contribution in [-0.4, -0.2) is 21.2 Å². The van der Waals surface area contributed by atoms with E-state index in [1.165, 1.54) is 11.8 Å². The number of benzene rings is 2. The molecule has 3 aromatic rings. The lowest BCUT2D eigenvalue weighted by atomic mass is 10.1. The smallest absolute Gasteiger partial charge is 0.257 e. The van der Waals surface area contributed by atoms with Gasteiger partial charge >= 0.3 is 0 Å². The van der Waals surface area contributed by atoms with E-state index in [4.69, 9.17) is 0 Å². The number of nitrogens with zero attached hydrogens (tertiary/aromatic N) is 3. The van der Waals surface area contributed by atoms with Gasteiger partial charge in [0.2, 0.25) is 5.91 Å². The lowest BCUT2D eigenvalue weighted by molar-refractivity contribution is -0.121. The summed E-state index contributed by atoms with van der Waals surface area (Å²) in [5.41, 5.74) is 2.16. The van der Waals surface area contributed by atoms with Crippen molar-refractivity contribution in [2.45, 2.75) is 18.6 Å². The van der Waals surface area contributed by atoms with Crippen molar-refractivity contribution in [1.82, 2.24) is 9.55 Å². The molecule has 0 saturated heterocycles. The number of carbonyl (C=O) groups excluding carboxylic acids is 1. The molecule has 0 spiro atoms. The molecule has 0 saturated carbocycles. The molecule has 5 nitrogen and oxygen atoms in total. The third-order valence-corrected chi connectivity index (χ3v) is 5.75. The van der Waals surface area contributed by atoms with Crippen molar-refractivity contribution >= 4 is 29.0 Å². The molecule has 6 heteroatoms. The first-order valence-electron chi connectivity index (χ1n) is 8.78. The van der Waals surface area contributed by atoms with Gasteiger partial charge in [-0.1, -0.05) is 48.2 Å². The number of thioether (sulfide) groups is 1. The molecule has 136 valence electrons. The Morgan fingerprint density at radius 1 is 1.07 bits per heavy atom. The number of hydrogen-bond acceptors (Lipinski definition) is 4. The summed E-state index contributed by atoms with van der Waals surface area (Å²) in [6.07, 6.45) is 1.60. The predicted molar refractivity (Wildman–Crippen MR) is 107 cm³/mol. The average molecular weight is 377 g/mol. The first-order valence-corrected chi connectivity index (χ1v) is 9.77. The van der Waals surface area contributed by atoms with Gasteiger partial charge in [0.15, 0.2) is 5.16 Å². The quantitative estimate of drug-likeness (QED) is 0.654. The second-order valence-corrected chi connectivity index (χ2v) is 7.48. The molecule has 0 radical (unpaired) electrons. The predicted octanol–water partition coefficient (Wildman–Crippen LogP) is 3.64. The fourth-order valence-corrected chi connectivity index (χ4v) is 4.23. The van der Waals surface area contributed by atoms with E-state index >= 15 is 0 Å². The lowest BCUT2D eigenvalue weighted by Gasteiger charge is -2.30. The van der Waals surface area contributed by atoms with Gasteiger partial charge in [-0.15, -0.1) is 0 Å². The molecule has 4 rings (SSSR count). The Morgan fingerprint density at radius 2 is 1.67 bits per heavy atom. The number of anilines is 2. The van der Waals surface area contributed by atoms with E-state index in [0.717, 1.165) is 11.4 Å². The fourth-order valence-electron chi connectivity index (χ4n) is 3.19. The van der Waals surface area contributed by atoms with Crippen LogP contribution >= 0.6 is 11.8 Å². The van der Waals surface area contributed by atoms with Crippen molar-refractivity contribution in [3.63, 3.8) is 0 Å². The van der Waals surface area contributed by atoms with Gasteiger partial charge < -0.3 is 0 Å². The lowest BCUT2D eigenvalue weighted by Crippen LogP contribution is -2.41. The van der Waals surface area contributed by atoms with Crippen LogP contribution in [0.4, 0.5) is 11.4 Å². The Morgan fingerprint density at radius 3 is 2.26 bits per heavy atom. The van der Waals surface area contributed by atoms with Crippen molar-refractivity contribution in [2.75, 3.05) is 10.7 Å². The van der Waals surface area contributed by atoms with Gasteiger partial charge in [-0.3, -0.25) is 19.1 Å². The maximum Gasteiger partial charge on any atom is 0.257 e. The maximum absolute atomic E-state index is 13.5. The van der Waals surface area contributed by atoms with Gasteiger partial charge in [0, 0.05) is 35.4 Å². The Labute approximate surface area is 161 Å². The highest BCUT2D eigenvalue weighted by molar-refractivity contribution is 7.99. The second-order valence-electron chi connectivity index (χ2n) is 6.49. The van der Waals surface area contributed by atoms with Crippen molar-refractivity contribution in [3.8, 4) is 0 Å². The van der Waals surface area contributed by atoms with Gasteiger partial charge in [0.1, 0.15) is 0 Å². The third kappa shape index (κ3) is 3.40. The minimum atomic E-state index is -0.302. The van der Waals surface area contributed by atoms with Gasteiger partial charge in [-0.2, -0.15) is 0 Å². The largest absolute Gasteiger partial charge is 0.287 e. The molecule has 0 aliphatic carbocycles. The topological polar surface area (TPSA) is 55.2 Å². The number of amides is 1. The highest BCUT2D eigenvalue weighted by Crippen LogP contribution is 2.31. The van der Waals surface area contributed by atoms with Gasteiger partial charge in [0.25, 0.3) is 5.56 Å². The Hall–Kier alpha value is -2.86. The highest BCUT2D eigenvalue weighted by atomic mass is 32.2. The molecule has 1 aromatic heterocycles. The monoisotopic (exact) mass is 377 g/mol. The number of carbonyl (C=O) groups is 1. The molecule has 1 atom stereocenters. The molecule has 2 aromatic carbocycles. The minimum absolute atomic E-state index is 0.0149. The normalized spacial score (nSPS) is 15.8. The zero-order valence-corrected chi connectivity index (χ0v) is 15.7. The molecular formula is C21H19N3O2S. The van der Waals surface area contributed by atoms with E-state index < -0.39 is 0 Å². The molecule has 1 aliphatic heterocycles. The van der Waals surface area contributed by atoms with Crippen LogP contribution in [0, 0.1) is 12.8 Å². The van der Waals surface area contributed by atoms with Crippen LogP contribution in [0.2, 0.25) is 0 Å². The first-order chi connectivity index (χ1) is 13.1. The van der Waals surface area contributed by atoms with E-state index in [1.54, 1.807) is 22.6 Å². The van der Waals surface area contributed by atoms with E-state index in [0.29, 0.717) is 23.0 Å². The van der Waals surface area contributed by atoms with E-state index in [9.17, 15) is 9.59 Å². The highest BCUT2D eigenvalue weighted by Gasteiger charge is 2.31. The summed E-state index contributed by atoms with van der Waals surface area (Å²) in [5, 5.41) is 0.681. The van der Waals surface area contributed by atoms with Gasteiger partial charge in [-0.25, -0.2) is 4.98 Å². The number of hydrogen-bond donors (Lipinski definition) is 0. The van der Waals surface area contributed by atoms with E-state index in [-0.39, 0.29) is 17.4 Å². The second kappa shape index (κ2) is 7.40. The average Bonchev–Trinajstić information content (AvgIpc) is 2.72. The number of aryl methyl sites for hydroxylation is 1. The van der Waals surface area contributed by atoms with Crippen LogP contribution in [0.25, 0.3) is 0 Å². The zero-order valence-electron chi connectivity index (χ0n) is 14.9. The zero-order chi connectivity index (χ0) is 18.8. The molecule has 2 heterocycles. The Balaban J connectivity index is 1.71. The van der Waals surface area contributed by atoms with Crippen molar-refractivity contribution in [3.05, 3.63) is 82.8 Å². The van der Waals surface area contributed by atoms with Crippen LogP contribution in [0.3, 0.4) is 0 Å². The standard InChI is InChI=1S/C21H19N3O2S/c1-15-12-22-21-23(19(15)25)13-16(14-27-21)20(26)24(17-8-4-2-5-9-17)18-10-6-3-7-11-18/h2-12,16H,13-14H2,1H3.